The Balaban J connectivity index is 1.41. The minimum absolute atomic E-state index is 0.0101. The Bertz CT molecular complexity index is 1370. The molecular weight excluding hydrogens is 516 g/mol. The van der Waals surface area contributed by atoms with Crippen LogP contribution < -0.4 is 9.47 Å². The van der Waals surface area contributed by atoms with Crippen molar-refractivity contribution in [2.24, 2.45) is 5.92 Å². The maximum atomic E-state index is 13.3. The van der Waals surface area contributed by atoms with Gasteiger partial charge < -0.3 is 19.3 Å². The Labute approximate surface area is 224 Å². The van der Waals surface area contributed by atoms with Gasteiger partial charge in [0.25, 0.3) is 5.78 Å². The number of ether oxygens (including phenoxy) is 3. The molecule has 9 nitrogen and oxygen atoms in total. The average molecular weight is 545 g/mol. The van der Waals surface area contributed by atoms with Crippen molar-refractivity contribution in [3.8, 4) is 11.5 Å². The van der Waals surface area contributed by atoms with Gasteiger partial charge in [0.1, 0.15) is 27.8 Å². The zero-order chi connectivity index (χ0) is 26.2. The van der Waals surface area contributed by atoms with Crippen LogP contribution in [0, 0.1) is 12.8 Å². The molecule has 2 aromatic heterocycles. The van der Waals surface area contributed by atoms with Crippen molar-refractivity contribution in [3.05, 3.63) is 51.3 Å². The van der Waals surface area contributed by atoms with E-state index in [-0.39, 0.29) is 23.0 Å². The van der Waals surface area contributed by atoms with Crippen molar-refractivity contribution >= 4 is 35.1 Å². The molecule has 3 heterocycles. The number of halogens is 1. The number of hydrogen-bond donors (Lipinski definition) is 1. The second kappa shape index (κ2) is 10.4. The van der Waals surface area contributed by atoms with Crippen LogP contribution in [0.2, 0.25) is 5.02 Å². The van der Waals surface area contributed by atoms with Gasteiger partial charge in [0.15, 0.2) is 0 Å². The number of aromatic nitrogens is 4. The number of aliphatic hydroxyl groups is 1. The fourth-order valence-corrected chi connectivity index (χ4v) is 6.34. The summed E-state index contributed by atoms with van der Waals surface area (Å²) in [7, 11) is 3.16. The van der Waals surface area contributed by atoms with Crippen LogP contribution in [0.4, 0.5) is 0 Å². The van der Waals surface area contributed by atoms with Crippen molar-refractivity contribution in [1.82, 2.24) is 19.6 Å². The van der Waals surface area contributed by atoms with E-state index in [2.05, 4.69) is 15.1 Å². The molecule has 3 aromatic rings. The summed E-state index contributed by atoms with van der Waals surface area (Å²) < 4.78 is 18.7. The number of rotatable bonds is 8. The van der Waals surface area contributed by atoms with Crippen LogP contribution in [-0.4, -0.2) is 50.5 Å². The third kappa shape index (κ3) is 5.09. The van der Waals surface area contributed by atoms with Crippen molar-refractivity contribution in [2.75, 3.05) is 14.2 Å². The number of fused-ring (bicyclic) bond motifs is 1. The largest absolute Gasteiger partial charge is 0.511 e. The van der Waals surface area contributed by atoms with Gasteiger partial charge in [-0.2, -0.15) is 4.98 Å². The maximum absolute atomic E-state index is 13.3. The fourth-order valence-electron chi connectivity index (χ4n) is 5.33. The normalized spacial score (nSPS) is 20.5. The molecule has 1 aromatic carbocycles. The van der Waals surface area contributed by atoms with Crippen molar-refractivity contribution in [1.29, 1.82) is 0 Å². The van der Waals surface area contributed by atoms with Gasteiger partial charge in [-0.3, -0.25) is 0 Å². The van der Waals surface area contributed by atoms with E-state index < -0.39 is 11.6 Å². The third-order valence-electron chi connectivity index (χ3n) is 7.18. The molecule has 1 aliphatic carbocycles. The van der Waals surface area contributed by atoms with Gasteiger partial charge in [0.2, 0.25) is 5.16 Å². The summed E-state index contributed by atoms with van der Waals surface area (Å²) in [6, 6.07) is 3.59. The molecule has 1 N–H and O–H groups in total. The van der Waals surface area contributed by atoms with E-state index in [1.807, 2.05) is 13.0 Å². The summed E-state index contributed by atoms with van der Waals surface area (Å²) in [5.74, 6) is 1.22. The maximum Gasteiger partial charge on any atom is 0.349 e. The van der Waals surface area contributed by atoms with E-state index in [1.54, 1.807) is 37.2 Å². The highest BCUT2D eigenvalue weighted by molar-refractivity contribution is 8.03. The molecule has 1 fully saturated rings. The van der Waals surface area contributed by atoms with Gasteiger partial charge in [-0.1, -0.05) is 24.4 Å². The Kier molecular flexibility index (Phi) is 7.22. The monoisotopic (exact) mass is 544 g/mol. The van der Waals surface area contributed by atoms with E-state index in [0.717, 1.165) is 48.6 Å². The molecule has 0 saturated heterocycles. The minimum atomic E-state index is -0.815. The van der Waals surface area contributed by atoms with Crippen LogP contribution in [0.5, 0.6) is 11.5 Å². The van der Waals surface area contributed by atoms with Gasteiger partial charge in [0.05, 0.1) is 19.2 Å². The van der Waals surface area contributed by atoms with E-state index >= 15 is 0 Å². The smallest absolute Gasteiger partial charge is 0.349 e. The quantitative estimate of drug-likeness (QED) is 0.369. The molecule has 0 spiro atoms. The summed E-state index contributed by atoms with van der Waals surface area (Å²) in [5, 5.41) is 16.3. The minimum Gasteiger partial charge on any atom is -0.511 e. The number of hydrogen-bond acceptors (Lipinski definition) is 9. The average Bonchev–Trinajstić information content (AvgIpc) is 3.55. The number of benzene rings is 1. The number of carbonyl (C=O) groups is 1. The Morgan fingerprint density at radius 1 is 1.24 bits per heavy atom. The molecule has 0 radical (unpaired) electrons. The molecule has 11 heteroatoms. The standard InChI is InChI=1S/C26H29ClN4O5S/c1-15-13-28-24-29-25(30-31(24)14-15)37-22-19(32)12-26(36-23(22)33,17-6-4-5-7-17)9-8-16-10-18(27)21(35-3)11-20(16)34-2/h10-11,13-14,17,32H,4-9,12H2,1-3H3. The number of esters is 1. The number of methoxy groups -OCH3 is 2. The van der Waals surface area contributed by atoms with E-state index in [4.69, 9.17) is 25.8 Å². The van der Waals surface area contributed by atoms with Crippen molar-refractivity contribution < 1.29 is 24.1 Å². The van der Waals surface area contributed by atoms with Crippen molar-refractivity contribution in [3.63, 3.8) is 0 Å². The van der Waals surface area contributed by atoms with Crippen LogP contribution in [0.15, 0.2) is 40.3 Å². The lowest BCUT2D eigenvalue weighted by Crippen LogP contribution is -2.45. The van der Waals surface area contributed by atoms with Crippen LogP contribution in [0.3, 0.4) is 0 Å². The number of carbonyl (C=O) groups excluding carboxylic acids is 1. The summed E-state index contributed by atoms with van der Waals surface area (Å²) in [4.78, 5) is 22.0. The number of cyclic esters (lactones) is 1. The van der Waals surface area contributed by atoms with Crippen LogP contribution in [0.1, 0.15) is 49.7 Å². The zero-order valence-corrected chi connectivity index (χ0v) is 22.6. The first-order valence-corrected chi connectivity index (χ1v) is 13.4. The SMILES string of the molecule is COc1cc(OC)c(CCC2(C3CCCC3)CC(O)=C(Sc3nc4ncc(C)cn4n3)C(=O)O2)cc1Cl. The first kappa shape index (κ1) is 25.7. The van der Waals surface area contributed by atoms with Gasteiger partial charge in [-0.15, -0.1) is 5.10 Å². The number of aliphatic hydroxyl groups excluding tert-OH is 1. The van der Waals surface area contributed by atoms with Gasteiger partial charge in [0, 0.05) is 24.9 Å². The lowest BCUT2D eigenvalue weighted by Gasteiger charge is -2.41. The molecular formula is C26H29ClN4O5S. The first-order valence-electron chi connectivity index (χ1n) is 12.2. The molecule has 2 aliphatic rings. The summed E-state index contributed by atoms with van der Waals surface area (Å²) in [6.45, 7) is 1.91. The summed E-state index contributed by atoms with van der Waals surface area (Å²) >= 11 is 7.39. The Morgan fingerprint density at radius 3 is 2.70 bits per heavy atom. The van der Waals surface area contributed by atoms with Gasteiger partial charge in [-0.05, 0) is 67.5 Å². The Morgan fingerprint density at radius 2 is 2.00 bits per heavy atom. The topological polar surface area (TPSA) is 108 Å². The molecule has 0 amide bonds. The highest BCUT2D eigenvalue weighted by Crippen LogP contribution is 2.48. The number of aryl methyl sites for hydroxylation is 2. The van der Waals surface area contributed by atoms with Gasteiger partial charge in [-0.25, -0.2) is 14.3 Å². The molecule has 5 rings (SSSR count). The molecule has 0 bridgehead atoms. The molecule has 1 saturated carbocycles. The van der Waals surface area contributed by atoms with Crippen LogP contribution in [-0.2, 0) is 16.0 Å². The Hall–Kier alpha value is -2.98. The molecule has 1 unspecified atom stereocenters. The first-order chi connectivity index (χ1) is 17.8. The lowest BCUT2D eigenvalue weighted by atomic mass is 9.77. The highest BCUT2D eigenvalue weighted by Gasteiger charge is 2.48. The fraction of sp³-hybridized carbons (Fsp3) is 0.462. The molecule has 1 atom stereocenters. The predicted molar refractivity (Wildman–Crippen MR) is 139 cm³/mol. The number of nitrogens with zero attached hydrogens (tertiary/aromatic N) is 4. The molecule has 37 heavy (non-hydrogen) atoms. The van der Waals surface area contributed by atoms with E-state index in [0.29, 0.717) is 40.3 Å². The second-order valence-electron chi connectivity index (χ2n) is 9.56. The van der Waals surface area contributed by atoms with E-state index in [9.17, 15) is 9.90 Å². The predicted octanol–water partition coefficient (Wildman–Crippen LogP) is 5.47. The molecule has 1 aliphatic heterocycles. The van der Waals surface area contributed by atoms with Crippen LogP contribution in [0.25, 0.3) is 5.78 Å². The summed E-state index contributed by atoms with van der Waals surface area (Å²) in [6.07, 6.45) is 8.87. The highest BCUT2D eigenvalue weighted by atomic mass is 35.5. The number of thioether (sulfide) groups is 1. The summed E-state index contributed by atoms with van der Waals surface area (Å²) in [5.41, 5.74) is 1.01. The van der Waals surface area contributed by atoms with Gasteiger partial charge >= 0.3 is 5.97 Å². The third-order valence-corrected chi connectivity index (χ3v) is 8.44. The van der Waals surface area contributed by atoms with Crippen LogP contribution >= 0.6 is 23.4 Å². The zero-order valence-electron chi connectivity index (χ0n) is 21.0. The molecule has 196 valence electrons. The van der Waals surface area contributed by atoms with E-state index in [1.165, 1.54) is 0 Å². The lowest BCUT2D eigenvalue weighted by molar-refractivity contribution is -0.166. The van der Waals surface area contributed by atoms with Crippen molar-refractivity contribution in [2.45, 2.75) is 62.6 Å². The second-order valence-corrected chi connectivity index (χ2v) is 10.9.